The molecule has 0 saturated carbocycles. The van der Waals surface area contributed by atoms with Crippen molar-refractivity contribution in [3.63, 3.8) is 0 Å². The smallest absolute Gasteiger partial charge is 0.434 e. The van der Waals surface area contributed by atoms with Gasteiger partial charge in [-0.25, -0.2) is 4.68 Å². The van der Waals surface area contributed by atoms with Crippen molar-refractivity contribution in [2.75, 3.05) is 38.2 Å². The molecular formula is C19H21Cl2F3N4O2. The number of rotatable bonds is 5. The molecule has 2 heterocycles. The van der Waals surface area contributed by atoms with Gasteiger partial charge in [0.25, 0.3) is 0 Å². The molecule has 0 spiro atoms. The molecule has 30 heavy (non-hydrogen) atoms. The van der Waals surface area contributed by atoms with Gasteiger partial charge in [-0.2, -0.15) is 18.3 Å². The Kier molecular flexibility index (Phi) is 6.71. The van der Waals surface area contributed by atoms with Gasteiger partial charge in [-0.1, -0.05) is 30.1 Å². The Morgan fingerprint density at radius 1 is 1.20 bits per heavy atom. The zero-order valence-corrected chi connectivity index (χ0v) is 18.0. The van der Waals surface area contributed by atoms with E-state index in [0.29, 0.717) is 41.6 Å². The third kappa shape index (κ3) is 4.62. The molecule has 2 aromatic rings. The van der Waals surface area contributed by atoms with E-state index in [9.17, 15) is 18.0 Å². The van der Waals surface area contributed by atoms with Crippen LogP contribution in [-0.4, -0.2) is 53.9 Å². The molecule has 1 aliphatic heterocycles. The molecule has 11 heteroatoms. The first-order valence-corrected chi connectivity index (χ1v) is 10.1. The quantitative estimate of drug-likeness (QED) is 0.667. The maximum absolute atomic E-state index is 13.4. The van der Waals surface area contributed by atoms with Crippen LogP contribution < -0.4 is 9.64 Å². The number of carbonyl (C=O) groups is 1. The minimum Gasteiger partial charge on any atom is -0.495 e. The molecule has 0 N–H and O–H groups in total. The summed E-state index contributed by atoms with van der Waals surface area (Å²) in [6, 6.07) is 5.40. The molecule has 1 fully saturated rings. The summed E-state index contributed by atoms with van der Waals surface area (Å²) >= 11 is 11.9. The Bertz CT molecular complexity index is 925. The van der Waals surface area contributed by atoms with E-state index in [1.54, 1.807) is 13.0 Å². The molecular weight excluding hydrogens is 444 g/mol. The van der Waals surface area contributed by atoms with Gasteiger partial charge >= 0.3 is 6.18 Å². The number of amides is 1. The summed E-state index contributed by atoms with van der Waals surface area (Å²) in [6.45, 7) is 2.96. The van der Waals surface area contributed by atoms with Crippen molar-refractivity contribution in [1.29, 1.82) is 0 Å². The number of methoxy groups -OCH3 is 1. The largest absolute Gasteiger partial charge is 0.495 e. The number of anilines is 1. The highest BCUT2D eigenvalue weighted by Crippen LogP contribution is 2.36. The topological polar surface area (TPSA) is 50.6 Å². The summed E-state index contributed by atoms with van der Waals surface area (Å²) in [5.74, 6) is 0.116. The van der Waals surface area contributed by atoms with Crippen molar-refractivity contribution < 1.29 is 22.7 Å². The van der Waals surface area contributed by atoms with E-state index in [0.717, 1.165) is 5.69 Å². The Morgan fingerprint density at radius 2 is 1.87 bits per heavy atom. The molecule has 1 aromatic carbocycles. The second-order valence-electron chi connectivity index (χ2n) is 6.80. The molecule has 3 rings (SSSR count). The van der Waals surface area contributed by atoms with Crippen LogP contribution in [0.1, 0.15) is 18.3 Å². The number of hydrogen-bond acceptors (Lipinski definition) is 4. The van der Waals surface area contributed by atoms with Gasteiger partial charge in [0.2, 0.25) is 5.91 Å². The zero-order valence-electron chi connectivity index (χ0n) is 16.5. The van der Waals surface area contributed by atoms with Crippen LogP contribution in [0.25, 0.3) is 0 Å². The van der Waals surface area contributed by atoms with Crippen LogP contribution in [0.2, 0.25) is 10.0 Å². The first-order chi connectivity index (χ1) is 14.2. The van der Waals surface area contributed by atoms with E-state index in [2.05, 4.69) is 10.00 Å². The van der Waals surface area contributed by atoms with Crippen LogP contribution in [0.4, 0.5) is 18.9 Å². The second-order valence-corrected chi connectivity index (χ2v) is 7.59. The fourth-order valence-electron chi connectivity index (χ4n) is 3.39. The van der Waals surface area contributed by atoms with Crippen LogP contribution in [0.15, 0.2) is 18.2 Å². The predicted octanol–water partition coefficient (Wildman–Crippen LogP) is 4.13. The fourth-order valence-corrected chi connectivity index (χ4v) is 3.96. The SMILES string of the molecule is CCc1nn(CC(=O)N2CCN(c3ccc(Cl)c(OC)c3)CC2)c(C(F)(F)F)c1Cl. The van der Waals surface area contributed by atoms with Crippen LogP contribution in [0.5, 0.6) is 5.75 Å². The maximum Gasteiger partial charge on any atom is 0.434 e. The van der Waals surface area contributed by atoms with E-state index < -0.39 is 29.3 Å². The average molecular weight is 465 g/mol. The Morgan fingerprint density at radius 3 is 2.43 bits per heavy atom. The number of carbonyl (C=O) groups excluding carboxylic acids is 1. The van der Waals surface area contributed by atoms with Crippen molar-refractivity contribution >= 4 is 34.8 Å². The Balaban J connectivity index is 1.68. The third-order valence-electron chi connectivity index (χ3n) is 4.98. The summed E-state index contributed by atoms with van der Waals surface area (Å²) in [5, 5.41) is 3.95. The lowest BCUT2D eigenvalue weighted by atomic mass is 10.2. The lowest BCUT2D eigenvalue weighted by molar-refractivity contribution is -0.145. The van der Waals surface area contributed by atoms with Gasteiger partial charge in [0, 0.05) is 37.9 Å². The number of hydrogen-bond donors (Lipinski definition) is 0. The molecule has 1 aromatic heterocycles. The zero-order chi connectivity index (χ0) is 22.1. The summed E-state index contributed by atoms with van der Waals surface area (Å²) in [6.07, 6.45) is -4.45. The first-order valence-electron chi connectivity index (χ1n) is 9.34. The van der Waals surface area contributed by atoms with Crippen LogP contribution in [-0.2, 0) is 23.9 Å². The molecule has 1 saturated heterocycles. The van der Waals surface area contributed by atoms with E-state index in [4.69, 9.17) is 27.9 Å². The molecule has 164 valence electrons. The van der Waals surface area contributed by atoms with Gasteiger partial charge in [-0.05, 0) is 18.6 Å². The number of piperazine rings is 1. The van der Waals surface area contributed by atoms with Crippen molar-refractivity contribution in [3.05, 3.63) is 39.6 Å². The normalized spacial score (nSPS) is 14.9. The molecule has 0 atom stereocenters. The molecule has 1 amide bonds. The van der Waals surface area contributed by atoms with Gasteiger partial charge in [0.1, 0.15) is 12.3 Å². The van der Waals surface area contributed by atoms with Crippen molar-refractivity contribution in [1.82, 2.24) is 14.7 Å². The molecule has 6 nitrogen and oxygen atoms in total. The van der Waals surface area contributed by atoms with E-state index in [1.165, 1.54) is 12.0 Å². The van der Waals surface area contributed by atoms with Gasteiger partial charge in [0.05, 0.1) is 22.8 Å². The number of halogens is 5. The number of nitrogens with zero attached hydrogens (tertiary/aromatic N) is 4. The van der Waals surface area contributed by atoms with Gasteiger partial charge < -0.3 is 14.5 Å². The summed E-state index contributed by atoms with van der Waals surface area (Å²) in [4.78, 5) is 16.2. The number of benzene rings is 1. The fraction of sp³-hybridized carbons (Fsp3) is 0.474. The number of alkyl halides is 3. The summed E-state index contributed by atoms with van der Waals surface area (Å²) < 4.78 is 46.0. The molecule has 1 aliphatic rings. The third-order valence-corrected chi connectivity index (χ3v) is 5.69. The van der Waals surface area contributed by atoms with Crippen molar-refractivity contribution in [2.24, 2.45) is 0 Å². The Labute approximate surface area is 182 Å². The predicted molar refractivity (Wildman–Crippen MR) is 108 cm³/mol. The molecule has 0 bridgehead atoms. The summed E-state index contributed by atoms with van der Waals surface area (Å²) in [7, 11) is 1.53. The van der Waals surface area contributed by atoms with Gasteiger partial charge in [-0.3, -0.25) is 4.79 Å². The summed E-state index contributed by atoms with van der Waals surface area (Å²) in [5.41, 5.74) is -0.0614. The number of aromatic nitrogens is 2. The van der Waals surface area contributed by atoms with Crippen molar-refractivity contribution in [2.45, 2.75) is 26.1 Å². The maximum atomic E-state index is 13.4. The lowest BCUT2D eigenvalue weighted by Gasteiger charge is -2.36. The van der Waals surface area contributed by atoms with Crippen LogP contribution >= 0.6 is 23.2 Å². The van der Waals surface area contributed by atoms with Crippen molar-refractivity contribution in [3.8, 4) is 5.75 Å². The Hall–Kier alpha value is -2.13. The molecule has 0 radical (unpaired) electrons. The highest BCUT2D eigenvalue weighted by molar-refractivity contribution is 6.32. The highest BCUT2D eigenvalue weighted by Gasteiger charge is 2.40. The highest BCUT2D eigenvalue weighted by atomic mass is 35.5. The van der Waals surface area contributed by atoms with Gasteiger partial charge in [0.15, 0.2) is 5.69 Å². The van der Waals surface area contributed by atoms with Crippen LogP contribution in [0, 0.1) is 0 Å². The number of ether oxygens (including phenoxy) is 1. The van der Waals surface area contributed by atoms with E-state index in [-0.39, 0.29) is 12.1 Å². The standard InChI is InChI=1S/C19H21Cl2F3N4O2/c1-3-14-17(21)18(19(22,23)24)28(25-14)11-16(29)27-8-6-26(7-9-27)12-4-5-13(20)15(10-12)30-2/h4-5,10H,3,6-9,11H2,1-2H3. The van der Waals surface area contributed by atoms with Crippen LogP contribution in [0.3, 0.4) is 0 Å². The van der Waals surface area contributed by atoms with E-state index in [1.807, 2.05) is 12.1 Å². The van der Waals surface area contributed by atoms with Gasteiger partial charge in [-0.15, -0.1) is 0 Å². The average Bonchev–Trinajstić information content (AvgIpc) is 3.03. The minimum absolute atomic E-state index is 0.123. The lowest BCUT2D eigenvalue weighted by Crippen LogP contribution is -2.49. The monoisotopic (exact) mass is 464 g/mol. The van der Waals surface area contributed by atoms with E-state index >= 15 is 0 Å². The molecule has 0 unspecified atom stereocenters. The first kappa shape index (κ1) is 22.6. The minimum atomic E-state index is -4.69. The molecule has 0 aliphatic carbocycles. The second kappa shape index (κ2) is 8.93. The number of aryl methyl sites for hydroxylation is 1.